The van der Waals surface area contributed by atoms with Gasteiger partial charge in [-0.15, -0.1) is 0 Å². The number of hydrogen-bond acceptors (Lipinski definition) is 4. The van der Waals surface area contributed by atoms with Crippen LogP contribution in [0, 0.1) is 6.92 Å². The zero-order valence-electron chi connectivity index (χ0n) is 7.57. The van der Waals surface area contributed by atoms with Gasteiger partial charge in [0.05, 0.1) is 12.0 Å². The SMILES string of the molecule is Cc1c(O)nc(CCC(=O)O)[nH]c1=O. The van der Waals surface area contributed by atoms with Crippen LogP contribution in [0.15, 0.2) is 4.79 Å². The van der Waals surface area contributed by atoms with Gasteiger partial charge in [-0.1, -0.05) is 0 Å². The molecule has 1 aromatic rings. The van der Waals surface area contributed by atoms with Crippen LogP contribution in [-0.2, 0) is 11.2 Å². The van der Waals surface area contributed by atoms with Crippen LogP contribution in [0.25, 0.3) is 0 Å². The van der Waals surface area contributed by atoms with Crippen molar-refractivity contribution in [2.45, 2.75) is 19.8 Å². The Labute approximate surface area is 79.2 Å². The van der Waals surface area contributed by atoms with Gasteiger partial charge >= 0.3 is 5.97 Å². The van der Waals surface area contributed by atoms with E-state index in [4.69, 9.17) is 10.2 Å². The summed E-state index contributed by atoms with van der Waals surface area (Å²) in [5, 5.41) is 17.6. The number of aryl methyl sites for hydroxylation is 1. The minimum atomic E-state index is -0.979. The number of carbonyl (C=O) groups is 1. The monoisotopic (exact) mass is 198 g/mol. The first-order valence-corrected chi connectivity index (χ1v) is 4.01. The summed E-state index contributed by atoms with van der Waals surface area (Å²) < 4.78 is 0. The summed E-state index contributed by atoms with van der Waals surface area (Å²) in [6, 6.07) is 0. The maximum Gasteiger partial charge on any atom is 0.303 e. The Hall–Kier alpha value is -1.85. The average Bonchev–Trinajstić information content (AvgIpc) is 2.10. The van der Waals surface area contributed by atoms with Gasteiger partial charge < -0.3 is 15.2 Å². The molecular formula is C8H10N2O4. The predicted molar refractivity (Wildman–Crippen MR) is 47.2 cm³/mol. The predicted octanol–water partition coefficient (Wildman–Crippen LogP) is -0.199. The minimum absolute atomic E-state index is 0.0956. The molecule has 1 aromatic heterocycles. The van der Waals surface area contributed by atoms with Gasteiger partial charge in [0, 0.05) is 6.42 Å². The topological polar surface area (TPSA) is 103 Å². The summed E-state index contributed by atoms with van der Waals surface area (Å²) in [6.45, 7) is 1.43. The Morgan fingerprint density at radius 2 is 2.21 bits per heavy atom. The molecule has 0 saturated heterocycles. The molecule has 76 valence electrons. The molecule has 0 radical (unpaired) electrons. The molecule has 6 nitrogen and oxygen atoms in total. The van der Waals surface area contributed by atoms with Gasteiger partial charge in [0.15, 0.2) is 0 Å². The van der Waals surface area contributed by atoms with Crippen molar-refractivity contribution in [1.29, 1.82) is 0 Å². The van der Waals surface area contributed by atoms with Crippen LogP contribution in [0.5, 0.6) is 5.88 Å². The highest BCUT2D eigenvalue weighted by Crippen LogP contribution is 2.06. The molecule has 0 aliphatic carbocycles. The maximum atomic E-state index is 11.1. The minimum Gasteiger partial charge on any atom is -0.493 e. The highest BCUT2D eigenvalue weighted by Gasteiger charge is 2.07. The van der Waals surface area contributed by atoms with E-state index in [1.165, 1.54) is 6.92 Å². The van der Waals surface area contributed by atoms with Crippen LogP contribution in [0.3, 0.4) is 0 Å². The number of aliphatic carboxylic acids is 1. The van der Waals surface area contributed by atoms with Crippen LogP contribution < -0.4 is 5.56 Å². The van der Waals surface area contributed by atoms with Gasteiger partial charge in [-0.25, -0.2) is 4.98 Å². The first-order valence-electron chi connectivity index (χ1n) is 4.01. The van der Waals surface area contributed by atoms with Crippen molar-refractivity contribution in [3.05, 3.63) is 21.7 Å². The summed E-state index contributed by atoms with van der Waals surface area (Å²) in [5.74, 6) is -1.15. The van der Waals surface area contributed by atoms with Crippen LogP contribution >= 0.6 is 0 Å². The molecule has 0 atom stereocenters. The molecule has 0 bridgehead atoms. The van der Waals surface area contributed by atoms with Gasteiger partial charge in [-0.05, 0) is 6.92 Å². The lowest BCUT2D eigenvalue weighted by atomic mass is 10.3. The molecule has 14 heavy (non-hydrogen) atoms. The summed E-state index contributed by atoms with van der Waals surface area (Å²) in [6.07, 6.45) is -0.0378. The van der Waals surface area contributed by atoms with Crippen molar-refractivity contribution < 1.29 is 15.0 Å². The number of carboxylic acid groups (broad SMARTS) is 1. The zero-order valence-corrected chi connectivity index (χ0v) is 7.57. The Morgan fingerprint density at radius 3 is 2.71 bits per heavy atom. The second kappa shape index (κ2) is 3.91. The van der Waals surface area contributed by atoms with Crippen molar-refractivity contribution in [3.63, 3.8) is 0 Å². The standard InChI is InChI=1S/C8H10N2O4/c1-4-7(13)9-5(10-8(4)14)2-3-6(11)12/h2-3H2,1H3,(H,11,12)(H2,9,10,13,14). The molecule has 6 heteroatoms. The first-order chi connectivity index (χ1) is 6.50. The lowest BCUT2D eigenvalue weighted by molar-refractivity contribution is -0.137. The van der Waals surface area contributed by atoms with E-state index in [-0.39, 0.29) is 30.1 Å². The normalized spacial score (nSPS) is 10.1. The lowest BCUT2D eigenvalue weighted by Crippen LogP contribution is -2.15. The smallest absolute Gasteiger partial charge is 0.303 e. The van der Waals surface area contributed by atoms with Crippen molar-refractivity contribution in [3.8, 4) is 5.88 Å². The highest BCUT2D eigenvalue weighted by atomic mass is 16.4. The third-order valence-electron chi connectivity index (χ3n) is 1.75. The third kappa shape index (κ3) is 2.32. The van der Waals surface area contributed by atoms with E-state index < -0.39 is 11.5 Å². The number of carboxylic acids is 1. The molecular weight excluding hydrogens is 188 g/mol. The number of hydrogen-bond donors (Lipinski definition) is 3. The zero-order chi connectivity index (χ0) is 10.7. The van der Waals surface area contributed by atoms with E-state index in [9.17, 15) is 9.59 Å². The third-order valence-corrected chi connectivity index (χ3v) is 1.75. The quantitative estimate of drug-likeness (QED) is 0.624. The second-order valence-electron chi connectivity index (χ2n) is 2.85. The number of aromatic hydroxyl groups is 1. The largest absolute Gasteiger partial charge is 0.493 e. The molecule has 0 aliphatic rings. The molecule has 3 N–H and O–H groups in total. The van der Waals surface area contributed by atoms with Gasteiger partial charge in [0.2, 0.25) is 5.88 Å². The molecule has 0 aliphatic heterocycles. The van der Waals surface area contributed by atoms with Crippen LogP contribution in [0.4, 0.5) is 0 Å². The number of rotatable bonds is 3. The van der Waals surface area contributed by atoms with Gasteiger partial charge in [0.1, 0.15) is 5.82 Å². The van der Waals surface area contributed by atoms with Crippen molar-refractivity contribution in [2.75, 3.05) is 0 Å². The number of nitrogens with zero attached hydrogens (tertiary/aromatic N) is 1. The fourth-order valence-electron chi connectivity index (χ4n) is 0.910. The second-order valence-corrected chi connectivity index (χ2v) is 2.85. The maximum absolute atomic E-state index is 11.1. The van der Waals surface area contributed by atoms with Crippen molar-refractivity contribution in [2.24, 2.45) is 0 Å². The van der Waals surface area contributed by atoms with Crippen molar-refractivity contribution >= 4 is 5.97 Å². The molecule has 0 amide bonds. The van der Waals surface area contributed by atoms with Crippen LogP contribution in [0.2, 0.25) is 0 Å². The fourth-order valence-corrected chi connectivity index (χ4v) is 0.910. The fraction of sp³-hybridized carbons (Fsp3) is 0.375. The van der Waals surface area contributed by atoms with E-state index in [0.717, 1.165) is 0 Å². The van der Waals surface area contributed by atoms with E-state index in [0.29, 0.717) is 0 Å². The van der Waals surface area contributed by atoms with Crippen LogP contribution in [0.1, 0.15) is 17.8 Å². The molecule has 0 fully saturated rings. The Morgan fingerprint density at radius 1 is 1.57 bits per heavy atom. The van der Waals surface area contributed by atoms with Gasteiger partial charge in [0.25, 0.3) is 5.56 Å². The number of aromatic amines is 1. The molecule has 0 unspecified atom stereocenters. The van der Waals surface area contributed by atoms with Gasteiger partial charge in [-0.3, -0.25) is 9.59 Å². The van der Waals surface area contributed by atoms with E-state index in [1.807, 2.05) is 0 Å². The van der Waals surface area contributed by atoms with Crippen LogP contribution in [-0.4, -0.2) is 26.2 Å². The van der Waals surface area contributed by atoms with E-state index >= 15 is 0 Å². The summed E-state index contributed by atoms with van der Waals surface area (Å²) in [4.78, 5) is 27.4. The average molecular weight is 198 g/mol. The summed E-state index contributed by atoms with van der Waals surface area (Å²) in [7, 11) is 0. The Balaban J connectivity index is 2.90. The summed E-state index contributed by atoms with van der Waals surface area (Å²) >= 11 is 0. The number of H-pyrrole nitrogens is 1. The van der Waals surface area contributed by atoms with E-state index in [2.05, 4.69) is 9.97 Å². The highest BCUT2D eigenvalue weighted by molar-refractivity contribution is 5.66. The Bertz CT molecular complexity index is 410. The summed E-state index contributed by atoms with van der Waals surface area (Å²) in [5.41, 5.74) is -0.318. The number of nitrogens with one attached hydrogen (secondary N) is 1. The number of aromatic nitrogens is 2. The molecule has 0 saturated carbocycles. The molecule has 0 aromatic carbocycles. The lowest BCUT2D eigenvalue weighted by Gasteiger charge is -2.00. The van der Waals surface area contributed by atoms with E-state index in [1.54, 1.807) is 0 Å². The molecule has 1 rings (SSSR count). The molecule has 0 spiro atoms. The first kappa shape index (κ1) is 10.2. The van der Waals surface area contributed by atoms with Gasteiger partial charge in [-0.2, -0.15) is 0 Å². The Kier molecular flexibility index (Phi) is 2.85. The van der Waals surface area contributed by atoms with Crippen molar-refractivity contribution in [1.82, 2.24) is 9.97 Å². The molecule has 1 heterocycles.